The van der Waals surface area contributed by atoms with Crippen molar-refractivity contribution in [1.29, 1.82) is 5.26 Å². The predicted molar refractivity (Wildman–Crippen MR) is 128 cm³/mol. The van der Waals surface area contributed by atoms with E-state index in [0.717, 1.165) is 18.7 Å². The smallest absolute Gasteiger partial charge is 0.266 e. The minimum atomic E-state index is -0.280. The quantitative estimate of drug-likeness (QED) is 0.534. The maximum atomic E-state index is 13.5. The molecule has 10 heteroatoms. The Hall–Kier alpha value is -3.68. The summed E-state index contributed by atoms with van der Waals surface area (Å²) in [6.07, 6.45) is 2.79. The average molecular weight is 494 g/mol. The van der Waals surface area contributed by atoms with Crippen LogP contribution in [0.25, 0.3) is 11.7 Å². The van der Waals surface area contributed by atoms with Gasteiger partial charge in [-0.15, -0.1) is 0 Å². The lowest BCUT2D eigenvalue weighted by molar-refractivity contribution is -0.126. The number of furan rings is 1. The van der Waals surface area contributed by atoms with Crippen LogP contribution in [0, 0.1) is 23.1 Å². The van der Waals surface area contributed by atoms with Crippen LogP contribution >= 0.6 is 0 Å². The molecule has 36 heavy (non-hydrogen) atoms. The van der Waals surface area contributed by atoms with Crippen molar-refractivity contribution in [1.82, 2.24) is 15.2 Å². The molecular weight excluding hydrogens is 465 g/mol. The summed E-state index contributed by atoms with van der Waals surface area (Å²) in [5.41, 5.74) is 1.17. The Morgan fingerprint density at radius 2 is 1.92 bits per heavy atom. The second-order valence-electron chi connectivity index (χ2n) is 8.98. The summed E-state index contributed by atoms with van der Waals surface area (Å²) in [6.45, 7) is 4.38. The Morgan fingerprint density at radius 1 is 1.17 bits per heavy atom. The minimum Gasteiger partial charge on any atom is -0.459 e. The van der Waals surface area contributed by atoms with E-state index < -0.39 is 0 Å². The summed E-state index contributed by atoms with van der Waals surface area (Å²) < 4.78 is 30.1. The Morgan fingerprint density at radius 3 is 2.58 bits per heavy atom. The molecule has 0 bridgehead atoms. The van der Waals surface area contributed by atoms with Crippen LogP contribution in [0.3, 0.4) is 0 Å². The molecule has 1 N–H and O–H groups in total. The lowest BCUT2D eigenvalue weighted by Gasteiger charge is -2.36. The van der Waals surface area contributed by atoms with Gasteiger partial charge in [0.25, 0.3) is 5.89 Å². The second-order valence-corrected chi connectivity index (χ2v) is 8.98. The normalized spacial score (nSPS) is 18.1. The van der Waals surface area contributed by atoms with E-state index in [9.17, 15) is 14.4 Å². The molecule has 0 radical (unpaired) electrons. The van der Waals surface area contributed by atoms with Crippen LogP contribution in [-0.4, -0.2) is 61.7 Å². The molecule has 2 aromatic heterocycles. The van der Waals surface area contributed by atoms with Gasteiger partial charge >= 0.3 is 0 Å². The highest BCUT2D eigenvalue weighted by Crippen LogP contribution is 2.31. The van der Waals surface area contributed by atoms with E-state index in [1.807, 2.05) is 4.90 Å². The number of carbonyl (C=O) groups excluding carboxylic acids is 1. The first-order chi connectivity index (χ1) is 17.6. The van der Waals surface area contributed by atoms with E-state index in [4.69, 9.17) is 13.6 Å². The van der Waals surface area contributed by atoms with E-state index in [2.05, 4.69) is 21.3 Å². The first-order valence-corrected chi connectivity index (χ1v) is 12.2. The first kappa shape index (κ1) is 24.0. The van der Waals surface area contributed by atoms with Crippen molar-refractivity contribution in [2.75, 3.05) is 50.8 Å². The summed E-state index contributed by atoms with van der Waals surface area (Å²) in [5.74, 6) is 0.718. The highest BCUT2D eigenvalue weighted by molar-refractivity contribution is 5.79. The van der Waals surface area contributed by atoms with Crippen molar-refractivity contribution in [3.05, 3.63) is 59.7 Å². The van der Waals surface area contributed by atoms with Crippen LogP contribution in [0.15, 0.2) is 51.5 Å². The molecule has 188 valence electrons. The number of nitrogens with zero attached hydrogens (tertiary/aromatic N) is 4. The Bertz CT molecular complexity index is 1190. The van der Waals surface area contributed by atoms with E-state index in [0.29, 0.717) is 57.3 Å². The average Bonchev–Trinajstić information content (AvgIpc) is 3.61. The largest absolute Gasteiger partial charge is 0.459 e. The van der Waals surface area contributed by atoms with Gasteiger partial charge in [0.2, 0.25) is 17.5 Å². The zero-order valence-corrected chi connectivity index (χ0v) is 19.9. The number of oxazole rings is 1. The highest BCUT2D eigenvalue weighted by atomic mass is 19.1. The van der Waals surface area contributed by atoms with Crippen molar-refractivity contribution in [2.45, 2.75) is 18.9 Å². The fourth-order valence-corrected chi connectivity index (χ4v) is 4.82. The monoisotopic (exact) mass is 493 g/mol. The predicted octanol–water partition coefficient (Wildman–Crippen LogP) is 3.35. The number of amides is 1. The highest BCUT2D eigenvalue weighted by Gasteiger charge is 2.30. The van der Waals surface area contributed by atoms with Crippen LogP contribution in [-0.2, 0) is 9.53 Å². The van der Waals surface area contributed by atoms with Crippen LogP contribution in [0.2, 0.25) is 0 Å². The van der Waals surface area contributed by atoms with E-state index in [-0.39, 0.29) is 35.3 Å². The van der Waals surface area contributed by atoms with Gasteiger partial charge in [-0.1, -0.05) is 12.1 Å². The fraction of sp³-hybridized carbons (Fsp3) is 0.423. The number of hydrogen-bond acceptors (Lipinski definition) is 8. The fourth-order valence-electron chi connectivity index (χ4n) is 4.82. The number of carbonyl (C=O) groups is 1. The zero-order valence-electron chi connectivity index (χ0n) is 19.9. The van der Waals surface area contributed by atoms with Gasteiger partial charge in [-0.2, -0.15) is 10.2 Å². The molecule has 2 aliphatic rings. The molecule has 1 aromatic carbocycles. The molecule has 2 aliphatic heterocycles. The SMILES string of the molecule is N#Cc1nc(-c2ccco2)oc1N1CCC(C(=O)NCC(c2ccc(F)cc2)N2CCOCC2)CC1. The molecule has 0 spiro atoms. The lowest BCUT2D eigenvalue weighted by atomic mass is 9.95. The van der Waals surface area contributed by atoms with Gasteiger partial charge in [0.05, 0.1) is 25.5 Å². The van der Waals surface area contributed by atoms with Crippen LogP contribution in [0.4, 0.5) is 10.3 Å². The third kappa shape index (κ3) is 5.27. The van der Waals surface area contributed by atoms with Gasteiger partial charge in [-0.25, -0.2) is 4.39 Å². The molecular formula is C26H28FN5O4. The van der Waals surface area contributed by atoms with Crippen molar-refractivity contribution < 1.29 is 22.8 Å². The van der Waals surface area contributed by atoms with Crippen LogP contribution in [0.1, 0.15) is 30.1 Å². The third-order valence-corrected chi connectivity index (χ3v) is 6.81. The van der Waals surface area contributed by atoms with E-state index >= 15 is 0 Å². The van der Waals surface area contributed by atoms with E-state index in [1.165, 1.54) is 18.4 Å². The number of ether oxygens (including phenoxy) is 1. The van der Waals surface area contributed by atoms with Crippen molar-refractivity contribution in [2.24, 2.45) is 5.92 Å². The summed E-state index contributed by atoms with van der Waals surface area (Å²) >= 11 is 0. The molecule has 3 aromatic rings. The van der Waals surface area contributed by atoms with Gasteiger partial charge in [0, 0.05) is 38.6 Å². The van der Waals surface area contributed by atoms with Gasteiger partial charge in [0.1, 0.15) is 11.9 Å². The number of rotatable bonds is 7. The molecule has 2 saturated heterocycles. The van der Waals surface area contributed by atoms with Gasteiger partial charge < -0.3 is 23.8 Å². The number of morpholine rings is 1. The molecule has 0 aliphatic carbocycles. The molecule has 1 unspecified atom stereocenters. The third-order valence-electron chi connectivity index (χ3n) is 6.81. The topological polar surface area (TPSA) is 108 Å². The number of nitrogens with one attached hydrogen (secondary N) is 1. The van der Waals surface area contributed by atoms with Crippen molar-refractivity contribution in [3.63, 3.8) is 0 Å². The zero-order chi connectivity index (χ0) is 24.9. The number of anilines is 1. The standard InChI is InChI=1S/C26H28FN5O4/c27-20-5-3-18(4-6-20)22(31-11-14-34-15-12-31)17-29-24(33)19-7-9-32(10-8-19)26-21(16-28)30-25(36-26)23-2-1-13-35-23/h1-6,13,19,22H,7-12,14-15,17H2,(H,29,33). The number of hydrogen-bond donors (Lipinski definition) is 1. The summed E-state index contributed by atoms with van der Waals surface area (Å²) in [7, 11) is 0. The lowest BCUT2D eigenvalue weighted by Crippen LogP contribution is -2.46. The summed E-state index contributed by atoms with van der Waals surface area (Å²) in [5, 5.41) is 12.6. The second kappa shape index (κ2) is 10.9. The van der Waals surface area contributed by atoms with E-state index in [1.54, 1.807) is 24.3 Å². The Labute approximate surface area is 208 Å². The summed E-state index contributed by atoms with van der Waals surface area (Å²) in [6, 6.07) is 12.0. The molecule has 9 nitrogen and oxygen atoms in total. The number of nitriles is 1. The molecule has 1 amide bonds. The van der Waals surface area contributed by atoms with Gasteiger partial charge in [-0.3, -0.25) is 9.69 Å². The van der Waals surface area contributed by atoms with Gasteiger partial charge in [-0.05, 0) is 42.7 Å². The molecule has 1 atom stereocenters. The van der Waals surface area contributed by atoms with Gasteiger partial charge in [0.15, 0.2) is 5.76 Å². The Balaban J connectivity index is 1.19. The van der Waals surface area contributed by atoms with Crippen molar-refractivity contribution >= 4 is 11.8 Å². The summed E-state index contributed by atoms with van der Waals surface area (Å²) in [4.78, 5) is 21.5. The van der Waals surface area contributed by atoms with Crippen LogP contribution < -0.4 is 10.2 Å². The first-order valence-electron chi connectivity index (χ1n) is 12.2. The number of piperidine rings is 1. The number of halogens is 1. The maximum absolute atomic E-state index is 13.5. The molecule has 0 saturated carbocycles. The maximum Gasteiger partial charge on any atom is 0.266 e. The molecule has 5 rings (SSSR count). The molecule has 4 heterocycles. The number of aromatic nitrogens is 1. The number of benzene rings is 1. The van der Waals surface area contributed by atoms with Crippen molar-refractivity contribution in [3.8, 4) is 17.7 Å². The molecule has 2 fully saturated rings. The minimum absolute atomic E-state index is 0.00405. The Kier molecular flexibility index (Phi) is 7.30. The van der Waals surface area contributed by atoms with Crippen LogP contribution in [0.5, 0.6) is 0 Å².